The highest BCUT2D eigenvalue weighted by atomic mass is 16.6. The lowest BCUT2D eigenvalue weighted by atomic mass is 10.1. The molecule has 1 N–H and O–H groups in total. The first-order chi connectivity index (χ1) is 11.5. The molecule has 0 aliphatic heterocycles. The Morgan fingerprint density at radius 2 is 1.88 bits per heavy atom. The van der Waals surface area contributed by atoms with Crippen LogP contribution < -0.4 is 0 Å². The fraction of sp³-hybridized carbons (Fsp3) is 0.167. The zero-order valence-electron chi connectivity index (χ0n) is 13.3. The van der Waals surface area contributed by atoms with E-state index >= 15 is 0 Å². The topological polar surface area (TPSA) is 85.0 Å². The van der Waals surface area contributed by atoms with Crippen molar-refractivity contribution in [2.45, 2.75) is 20.1 Å². The number of aliphatic hydroxyl groups excluding tert-OH is 1. The maximum absolute atomic E-state index is 10.8. The van der Waals surface area contributed by atoms with Crippen LogP contribution in [0.15, 0.2) is 59.2 Å². The van der Waals surface area contributed by atoms with Crippen LogP contribution in [-0.4, -0.2) is 16.7 Å². The Hall–Kier alpha value is -2.99. The highest BCUT2D eigenvalue weighted by Crippen LogP contribution is 2.28. The van der Waals surface area contributed by atoms with Gasteiger partial charge in [-0.2, -0.15) is 0 Å². The van der Waals surface area contributed by atoms with Gasteiger partial charge in [0.25, 0.3) is 5.70 Å². The van der Waals surface area contributed by atoms with E-state index in [0.717, 1.165) is 11.1 Å². The molecule has 2 aromatic carbocycles. The van der Waals surface area contributed by atoms with Crippen molar-refractivity contribution in [1.29, 1.82) is 0 Å². The summed E-state index contributed by atoms with van der Waals surface area (Å²) >= 11 is 0. The van der Waals surface area contributed by atoms with Crippen molar-refractivity contribution in [1.82, 2.24) is 0 Å². The van der Waals surface area contributed by atoms with Crippen LogP contribution in [0.1, 0.15) is 23.6 Å². The van der Waals surface area contributed by atoms with Crippen molar-refractivity contribution >= 4 is 18.2 Å². The quantitative estimate of drug-likeness (QED) is 0.356. The highest BCUT2D eigenvalue weighted by molar-refractivity contribution is 5.72. The van der Waals surface area contributed by atoms with Gasteiger partial charge in [-0.05, 0) is 30.0 Å². The van der Waals surface area contributed by atoms with Crippen molar-refractivity contribution in [3.05, 3.63) is 81.0 Å². The summed E-state index contributed by atoms with van der Waals surface area (Å²) in [6.45, 7) is 5.42. The van der Waals surface area contributed by atoms with Gasteiger partial charge in [0.1, 0.15) is 0 Å². The lowest BCUT2D eigenvalue weighted by Crippen LogP contribution is -2.00. The van der Waals surface area contributed by atoms with E-state index in [1.807, 2.05) is 30.3 Å². The van der Waals surface area contributed by atoms with Gasteiger partial charge in [-0.1, -0.05) is 36.4 Å². The summed E-state index contributed by atoms with van der Waals surface area (Å²) in [7, 11) is 0. The van der Waals surface area contributed by atoms with Crippen LogP contribution in [0.2, 0.25) is 0 Å². The van der Waals surface area contributed by atoms with Crippen LogP contribution in [0, 0.1) is 10.1 Å². The van der Waals surface area contributed by atoms with Crippen LogP contribution in [0.3, 0.4) is 0 Å². The predicted molar refractivity (Wildman–Crippen MR) is 92.8 cm³/mol. The van der Waals surface area contributed by atoms with E-state index in [1.54, 1.807) is 18.2 Å². The monoisotopic (exact) mass is 326 g/mol. The number of hydrogen-bond acceptors (Lipinski definition) is 5. The summed E-state index contributed by atoms with van der Waals surface area (Å²) in [4.78, 5) is 14.0. The SMILES string of the molecule is C=Nc1ccc(COCc2ccccc2)cc1/C(O)=C(\C)[N+](=O)[O-]. The maximum atomic E-state index is 10.8. The van der Waals surface area contributed by atoms with Gasteiger partial charge >= 0.3 is 0 Å². The average molecular weight is 326 g/mol. The van der Waals surface area contributed by atoms with Crippen molar-refractivity contribution in [2.24, 2.45) is 4.99 Å². The van der Waals surface area contributed by atoms with Crippen molar-refractivity contribution in [2.75, 3.05) is 0 Å². The molecule has 0 bridgehead atoms. The molecule has 124 valence electrons. The average Bonchev–Trinajstić information content (AvgIpc) is 2.61. The van der Waals surface area contributed by atoms with E-state index in [0.29, 0.717) is 18.9 Å². The van der Waals surface area contributed by atoms with Crippen molar-refractivity contribution in [3.8, 4) is 0 Å². The minimum Gasteiger partial charge on any atom is -0.502 e. The molecule has 0 fully saturated rings. The number of benzene rings is 2. The largest absolute Gasteiger partial charge is 0.502 e. The van der Waals surface area contributed by atoms with Gasteiger partial charge in [-0.15, -0.1) is 0 Å². The van der Waals surface area contributed by atoms with E-state index in [2.05, 4.69) is 11.7 Å². The van der Waals surface area contributed by atoms with Crippen molar-refractivity contribution in [3.63, 3.8) is 0 Å². The molecule has 0 heterocycles. The third-order valence-corrected chi connectivity index (χ3v) is 3.48. The van der Waals surface area contributed by atoms with Gasteiger partial charge in [-0.25, -0.2) is 0 Å². The normalized spacial score (nSPS) is 11.7. The van der Waals surface area contributed by atoms with Crippen LogP contribution in [0.5, 0.6) is 0 Å². The summed E-state index contributed by atoms with van der Waals surface area (Å²) in [5.41, 5.74) is 2.12. The molecule has 0 unspecified atom stereocenters. The Morgan fingerprint density at radius 3 is 2.50 bits per heavy atom. The minimum atomic E-state index is -0.638. The summed E-state index contributed by atoms with van der Waals surface area (Å²) in [6.07, 6.45) is 0. The number of aliphatic hydroxyl groups is 1. The van der Waals surface area contributed by atoms with Gasteiger partial charge in [0.05, 0.1) is 23.8 Å². The van der Waals surface area contributed by atoms with E-state index in [9.17, 15) is 15.2 Å². The molecule has 0 saturated heterocycles. The fourth-order valence-electron chi connectivity index (χ4n) is 2.14. The second-order valence-electron chi connectivity index (χ2n) is 5.18. The molecule has 0 aromatic heterocycles. The van der Waals surface area contributed by atoms with E-state index < -0.39 is 10.7 Å². The van der Waals surface area contributed by atoms with Gasteiger partial charge in [0.15, 0.2) is 5.76 Å². The maximum Gasteiger partial charge on any atom is 0.285 e. The van der Waals surface area contributed by atoms with Gasteiger partial charge in [0.2, 0.25) is 0 Å². The molecule has 24 heavy (non-hydrogen) atoms. The predicted octanol–water partition coefficient (Wildman–Crippen LogP) is 4.26. The van der Waals surface area contributed by atoms with Crippen LogP contribution in [0.25, 0.3) is 5.76 Å². The summed E-state index contributed by atoms with van der Waals surface area (Å²) in [5.74, 6) is -0.424. The number of nitro groups is 1. The minimum absolute atomic E-state index is 0.264. The van der Waals surface area contributed by atoms with Gasteiger partial charge in [0, 0.05) is 12.5 Å². The fourth-order valence-corrected chi connectivity index (χ4v) is 2.14. The molecule has 0 radical (unpaired) electrons. The number of allylic oxidation sites excluding steroid dienone is 1. The van der Waals surface area contributed by atoms with E-state index in [1.165, 1.54) is 6.92 Å². The summed E-state index contributed by atoms with van der Waals surface area (Å²) in [5, 5.41) is 21.0. The third-order valence-electron chi connectivity index (χ3n) is 3.48. The smallest absolute Gasteiger partial charge is 0.285 e. The Kier molecular flexibility index (Phi) is 5.81. The first-order valence-electron chi connectivity index (χ1n) is 7.29. The summed E-state index contributed by atoms with van der Waals surface area (Å²) < 4.78 is 5.64. The highest BCUT2D eigenvalue weighted by Gasteiger charge is 2.17. The molecule has 0 amide bonds. The zero-order chi connectivity index (χ0) is 17.5. The zero-order valence-corrected chi connectivity index (χ0v) is 13.3. The number of nitrogens with zero attached hydrogens (tertiary/aromatic N) is 2. The van der Waals surface area contributed by atoms with E-state index in [4.69, 9.17) is 4.74 Å². The summed E-state index contributed by atoms with van der Waals surface area (Å²) in [6, 6.07) is 14.8. The second kappa shape index (κ2) is 8.03. The molecular weight excluding hydrogens is 308 g/mol. The molecule has 2 rings (SSSR count). The van der Waals surface area contributed by atoms with Gasteiger partial charge < -0.3 is 9.84 Å². The lowest BCUT2D eigenvalue weighted by molar-refractivity contribution is -0.424. The number of ether oxygens (including phenoxy) is 1. The van der Waals surface area contributed by atoms with Crippen LogP contribution in [-0.2, 0) is 18.0 Å². The molecule has 0 atom stereocenters. The molecule has 6 nitrogen and oxygen atoms in total. The standard InChI is InChI=1S/C18H18N2O4/c1-13(20(22)23)18(21)16-10-15(8-9-17(16)19-2)12-24-11-14-6-4-3-5-7-14/h3-10,21H,2,11-12H2,1H3/b18-13-. The van der Waals surface area contributed by atoms with E-state index in [-0.39, 0.29) is 11.3 Å². The molecule has 0 aliphatic carbocycles. The molecule has 2 aromatic rings. The molecule has 0 spiro atoms. The number of aliphatic imine (C=N–C) groups is 1. The molecule has 0 aliphatic rings. The lowest BCUT2D eigenvalue weighted by Gasteiger charge is -2.09. The Labute approximate surface area is 139 Å². The van der Waals surface area contributed by atoms with Crippen LogP contribution >= 0.6 is 0 Å². The Morgan fingerprint density at radius 1 is 1.21 bits per heavy atom. The number of rotatable bonds is 7. The molecule has 6 heteroatoms. The first kappa shape index (κ1) is 17.4. The van der Waals surface area contributed by atoms with Crippen molar-refractivity contribution < 1.29 is 14.8 Å². The van der Waals surface area contributed by atoms with Crippen LogP contribution in [0.4, 0.5) is 5.69 Å². The Bertz CT molecular complexity index is 770. The molecule has 0 saturated carbocycles. The molecular formula is C18H18N2O4. The van der Waals surface area contributed by atoms with Gasteiger partial charge in [-0.3, -0.25) is 15.1 Å². The first-order valence-corrected chi connectivity index (χ1v) is 7.29. The Balaban J connectivity index is 2.18. The second-order valence-corrected chi connectivity index (χ2v) is 5.18. The third kappa shape index (κ3) is 4.27. The number of hydrogen-bond donors (Lipinski definition) is 1.